The second-order valence-corrected chi connectivity index (χ2v) is 9.29. The predicted octanol–water partition coefficient (Wildman–Crippen LogP) is 4.42. The molecule has 2 aromatic heterocycles. The summed E-state index contributed by atoms with van der Waals surface area (Å²) in [4.78, 5) is 37.5. The number of benzene rings is 2. The standard InChI is InChI=1S/C28H26F3N5O4/c1-16(37)36-13-12-35(15-20(36)17-6-4-3-5-7-17)27(38)25-22(14-32)40-26(34-25)19-8-10-21(39-2)24-18(19)9-11-23(33-24)28(29,30)31/h3-11,20H,12-15,32H2,1-2H3. The van der Waals surface area contributed by atoms with Gasteiger partial charge in [0.15, 0.2) is 11.5 Å². The maximum atomic E-state index is 13.7. The van der Waals surface area contributed by atoms with Gasteiger partial charge in [0.1, 0.15) is 17.0 Å². The summed E-state index contributed by atoms with van der Waals surface area (Å²) in [5.41, 5.74) is 6.03. The van der Waals surface area contributed by atoms with Crippen molar-refractivity contribution >= 4 is 22.7 Å². The molecular formula is C28H26F3N5O4. The number of nitrogens with zero attached hydrogens (tertiary/aromatic N) is 4. The fourth-order valence-corrected chi connectivity index (χ4v) is 4.93. The molecule has 2 N–H and O–H groups in total. The number of ether oxygens (including phenoxy) is 1. The lowest BCUT2D eigenvalue weighted by Crippen LogP contribution is -2.52. The first-order chi connectivity index (χ1) is 19.1. The van der Waals surface area contributed by atoms with Crippen molar-refractivity contribution in [2.75, 3.05) is 26.7 Å². The van der Waals surface area contributed by atoms with E-state index in [2.05, 4.69) is 9.97 Å². The maximum Gasteiger partial charge on any atom is 0.433 e. The number of amides is 2. The van der Waals surface area contributed by atoms with Crippen LogP contribution in [0.5, 0.6) is 5.75 Å². The number of alkyl halides is 3. The Bertz CT molecular complexity index is 1570. The third-order valence-corrected chi connectivity index (χ3v) is 6.90. The van der Waals surface area contributed by atoms with Gasteiger partial charge in [-0.2, -0.15) is 13.2 Å². The zero-order valence-electron chi connectivity index (χ0n) is 21.7. The number of hydrogen-bond acceptors (Lipinski definition) is 7. The SMILES string of the molecule is COc1ccc(-c2nc(C(=O)N3CCN(C(C)=O)C(c4ccccc4)C3)c(CN)o2)c2ccc(C(F)(F)F)nc12. The Balaban J connectivity index is 1.51. The zero-order valence-corrected chi connectivity index (χ0v) is 21.7. The average Bonchev–Trinajstić information content (AvgIpc) is 3.39. The summed E-state index contributed by atoms with van der Waals surface area (Å²) in [6, 6.07) is 14.3. The van der Waals surface area contributed by atoms with Gasteiger partial charge >= 0.3 is 6.18 Å². The van der Waals surface area contributed by atoms with Crippen LogP contribution in [0.25, 0.3) is 22.4 Å². The van der Waals surface area contributed by atoms with E-state index < -0.39 is 17.8 Å². The number of fused-ring (bicyclic) bond motifs is 1. The minimum Gasteiger partial charge on any atom is -0.494 e. The molecule has 1 unspecified atom stereocenters. The van der Waals surface area contributed by atoms with E-state index in [1.54, 1.807) is 15.9 Å². The van der Waals surface area contributed by atoms with Gasteiger partial charge in [0.05, 0.1) is 19.7 Å². The highest BCUT2D eigenvalue weighted by molar-refractivity contribution is 5.98. The Morgan fingerprint density at radius 3 is 2.48 bits per heavy atom. The molecule has 1 aliphatic heterocycles. The molecule has 1 fully saturated rings. The van der Waals surface area contributed by atoms with Crippen molar-refractivity contribution in [1.29, 1.82) is 0 Å². The molecule has 1 atom stereocenters. The second kappa shape index (κ2) is 10.6. The summed E-state index contributed by atoms with van der Waals surface area (Å²) in [5.74, 6) is -0.230. The smallest absolute Gasteiger partial charge is 0.433 e. The first-order valence-electron chi connectivity index (χ1n) is 12.5. The monoisotopic (exact) mass is 553 g/mol. The molecule has 40 heavy (non-hydrogen) atoms. The van der Waals surface area contributed by atoms with Gasteiger partial charge in [-0.05, 0) is 29.8 Å². The molecular weight excluding hydrogens is 527 g/mol. The number of nitrogens with two attached hydrogens (primary N) is 1. The molecule has 3 heterocycles. The topological polar surface area (TPSA) is 115 Å². The van der Waals surface area contributed by atoms with Gasteiger partial charge in [-0.25, -0.2) is 9.97 Å². The van der Waals surface area contributed by atoms with Gasteiger partial charge in [-0.1, -0.05) is 30.3 Å². The highest BCUT2D eigenvalue weighted by Crippen LogP contribution is 2.37. The third kappa shape index (κ3) is 4.97. The van der Waals surface area contributed by atoms with Crippen molar-refractivity contribution in [3.63, 3.8) is 0 Å². The third-order valence-electron chi connectivity index (χ3n) is 6.90. The molecule has 2 aromatic carbocycles. The summed E-state index contributed by atoms with van der Waals surface area (Å²) < 4.78 is 51.1. The van der Waals surface area contributed by atoms with E-state index in [4.69, 9.17) is 14.9 Å². The van der Waals surface area contributed by atoms with Crippen molar-refractivity contribution < 1.29 is 31.9 Å². The Hall–Kier alpha value is -4.45. The molecule has 0 aliphatic carbocycles. The Kier molecular flexibility index (Phi) is 7.19. The van der Waals surface area contributed by atoms with Gasteiger partial charge in [0.2, 0.25) is 11.8 Å². The molecule has 2 amide bonds. The van der Waals surface area contributed by atoms with Crippen molar-refractivity contribution in [3.05, 3.63) is 77.3 Å². The number of piperazine rings is 1. The number of rotatable bonds is 5. The molecule has 0 spiro atoms. The van der Waals surface area contributed by atoms with Crippen LogP contribution < -0.4 is 10.5 Å². The molecule has 5 rings (SSSR count). The van der Waals surface area contributed by atoms with E-state index in [-0.39, 0.29) is 60.2 Å². The maximum absolute atomic E-state index is 13.7. The number of methoxy groups -OCH3 is 1. The second-order valence-electron chi connectivity index (χ2n) is 9.29. The van der Waals surface area contributed by atoms with E-state index in [1.807, 2.05) is 30.3 Å². The number of pyridine rings is 1. The molecule has 1 aliphatic rings. The van der Waals surface area contributed by atoms with Crippen molar-refractivity contribution in [2.24, 2.45) is 5.73 Å². The van der Waals surface area contributed by atoms with Crippen molar-refractivity contribution in [3.8, 4) is 17.2 Å². The summed E-state index contributed by atoms with van der Waals surface area (Å²) >= 11 is 0. The van der Waals surface area contributed by atoms with Crippen LogP contribution in [0.4, 0.5) is 13.2 Å². The summed E-state index contributed by atoms with van der Waals surface area (Å²) in [6.45, 7) is 2.22. The molecule has 12 heteroatoms. The van der Waals surface area contributed by atoms with Gasteiger partial charge in [0, 0.05) is 37.5 Å². The number of carbonyl (C=O) groups excluding carboxylic acids is 2. The summed E-state index contributed by atoms with van der Waals surface area (Å²) in [5, 5.41) is 0.301. The van der Waals surface area contributed by atoms with Crippen LogP contribution in [0.3, 0.4) is 0 Å². The lowest BCUT2D eigenvalue weighted by molar-refractivity contribution is -0.141. The molecule has 4 aromatic rings. The number of aromatic nitrogens is 2. The molecule has 1 saturated heterocycles. The van der Waals surface area contributed by atoms with Crippen LogP contribution >= 0.6 is 0 Å². The predicted molar refractivity (Wildman–Crippen MR) is 139 cm³/mol. The van der Waals surface area contributed by atoms with Gasteiger partial charge < -0.3 is 24.7 Å². The summed E-state index contributed by atoms with van der Waals surface area (Å²) in [7, 11) is 1.33. The average molecular weight is 554 g/mol. The van der Waals surface area contributed by atoms with Gasteiger partial charge in [-0.3, -0.25) is 9.59 Å². The van der Waals surface area contributed by atoms with Crippen LogP contribution in [0.15, 0.2) is 59.0 Å². The Morgan fingerprint density at radius 1 is 1.07 bits per heavy atom. The lowest BCUT2D eigenvalue weighted by Gasteiger charge is -2.41. The van der Waals surface area contributed by atoms with E-state index in [0.29, 0.717) is 17.5 Å². The zero-order chi connectivity index (χ0) is 28.6. The number of hydrogen-bond donors (Lipinski definition) is 1. The van der Waals surface area contributed by atoms with Gasteiger partial charge in [0.25, 0.3) is 5.91 Å². The Labute approximate surface area is 227 Å². The Morgan fingerprint density at radius 2 is 1.82 bits per heavy atom. The first kappa shape index (κ1) is 27.1. The minimum absolute atomic E-state index is 0.00410. The van der Waals surface area contributed by atoms with E-state index >= 15 is 0 Å². The van der Waals surface area contributed by atoms with Crippen molar-refractivity contribution in [1.82, 2.24) is 19.8 Å². The fourth-order valence-electron chi connectivity index (χ4n) is 4.93. The van der Waals surface area contributed by atoms with Crippen LogP contribution in [0.2, 0.25) is 0 Å². The fraction of sp³-hybridized carbons (Fsp3) is 0.286. The van der Waals surface area contributed by atoms with E-state index in [1.165, 1.54) is 26.2 Å². The van der Waals surface area contributed by atoms with Crippen LogP contribution in [-0.2, 0) is 17.5 Å². The highest BCUT2D eigenvalue weighted by atomic mass is 19.4. The molecule has 0 saturated carbocycles. The first-order valence-corrected chi connectivity index (χ1v) is 12.5. The summed E-state index contributed by atoms with van der Waals surface area (Å²) in [6.07, 6.45) is -4.64. The molecule has 0 bridgehead atoms. The number of oxazole rings is 1. The number of carbonyl (C=O) groups is 2. The van der Waals surface area contributed by atoms with Gasteiger partial charge in [-0.15, -0.1) is 0 Å². The minimum atomic E-state index is -4.64. The van der Waals surface area contributed by atoms with E-state index in [9.17, 15) is 22.8 Å². The lowest BCUT2D eigenvalue weighted by atomic mass is 10.0. The largest absolute Gasteiger partial charge is 0.494 e. The number of halogens is 3. The van der Waals surface area contributed by atoms with Crippen LogP contribution in [0.1, 0.15) is 40.5 Å². The van der Waals surface area contributed by atoms with Crippen LogP contribution in [0, 0.1) is 0 Å². The highest BCUT2D eigenvalue weighted by Gasteiger charge is 2.35. The van der Waals surface area contributed by atoms with Crippen molar-refractivity contribution in [2.45, 2.75) is 25.7 Å². The molecule has 9 nitrogen and oxygen atoms in total. The van der Waals surface area contributed by atoms with E-state index in [0.717, 1.165) is 11.6 Å². The molecule has 0 radical (unpaired) electrons. The van der Waals surface area contributed by atoms with Crippen LogP contribution in [-0.4, -0.2) is 58.3 Å². The quantitative estimate of drug-likeness (QED) is 0.389. The normalized spacial score (nSPS) is 15.9. The molecule has 208 valence electrons.